The molecule has 5 aromatic rings. The van der Waals surface area contributed by atoms with Crippen LogP contribution < -0.4 is 10.6 Å². The Balaban J connectivity index is 1.11. The fourth-order valence-electron chi connectivity index (χ4n) is 4.62. The molecule has 6 rings (SSSR count). The average Bonchev–Trinajstić information content (AvgIpc) is 3.66. The van der Waals surface area contributed by atoms with Crippen molar-refractivity contribution in [1.29, 1.82) is 0 Å². The molecule has 0 bridgehead atoms. The summed E-state index contributed by atoms with van der Waals surface area (Å²) in [6, 6.07) is 14.9. The van der Waals surface area contributed by atoms with Crippen molar-refractivity contribution in [3.8, 4) is 11.4 Å². The number of fused-ring (bicyclic) bond motifs is 2. The molecule has 0 aliphatic heterocycles. The van der Waals surface area contributed by atoms with E-state index in [1.165, 1.54) is 12.4 Å². The van der Waals surface area contributed by atoms with Crippen LogP contribution in [0.15, 0.2) is 59.3 Å². The van der Waals surface area contributed by atoms with E-state index >= 15 is 0 Å². The first-order chi connectivity index (χ1) is 18.0. The molecule has 0 saturated heterocycles. The number of hydrogen-bond acceptors (Lipinski definition) is 8. The van der Waals surface area contributed by atoms with Crippen molar-refractivity contribution in [2.24, 2.45) is 0 Å². The fraction of sp³-hybridized carbons (Fsp3) is 0.192. The van der Waals surface area contributed by atoms with Crippen molar-refractivity contribution in [3.63, 3.8) is 0 Å². The van der Waals surface area contributed by atoms with Crippen LogP contribution in [-0.2, 0) is 13.0 Å². The van der Waals surface area contributed by atoms with E-state index < -0.39 is 5.91 Å². The van der Waals surface area contributed by atoms with Crippen LogP contribution >= 0.6 is 0 Å². The maximum atomic E-state index is 13.0. The summed E-state index contributed by atoms with van der Waals surface area (Å²) in [6.07, 6.45) is 2.79. The fourth-order valence-corrected chi connectivity index (χ4v) is 4.62. The lowest BCUT2D eigenvalue weighted by Gasteiger charge is -2.14. The van der Waals surface area contributed by atoms with Crippen molar-refractivity contribution in [1.82, 2.24) is 41.2 Å². The van der Waals surface area contributed by atoms with Gasteiger partial charge in [0.25, 0.3) is 11.8 Å². The number of amides is 2. The van der Waals surface area contributed by atoms with Crippen LogP contribution in [0.5, 0.6) is 0 Å². The minimum atomic E-state index is -0.396. The van der Waals surface area contributed by atoms with E-state index in [0.29, 0.717) is 12.4 Å². The molecule has 0 spiro atoms. The first-order valence-corrected chi connectivity index (χ1v) is 11.8. The molecular formula is C26H22N8O3. The van der Waals surface area contributed by atoms with E-state index in [0.717, 1.165) is 51.8 Å². The second-order valence-electron chi connectivity index (χ2n) is 8.91. The number of hydrogen-bond donors (Lipinski definition) is 3. The highest BCUT2D eigenvalue weighted by Crippen LogP contribution is 2.33. The number of benzene rings is 2. The summed E-state index contributed by atoms with van der Waals surface area (Å²) >= 11 is 0. The van der Waals surface area contributed by atoms with E-state index in [1.54, 1.807) is 0 Å². The molecule has 11 heteroatoms. The topological polar surface area (TPSA) is 152 Å². The molecule has 1 atom stereocenters. The van der Waals surface area contributed by atoms with Crippen molar-refractivity contribution in [2.45, 2.75) is 32.4 Å². The lowest BCUT2D eigenvalue weighted by molar-refractivity contribution is 0.0931. The molecular weight excluding hydrogens is 472 g/mol. The number of H-pyrrole nitrogens is 1. The van der Waals surface area contributed by atoms with E-state index in [2.05, 4.69) is 41.2 Å². The third-order valence-corrected chi connectivity index (χ3v) is 6.42. The number of tetrazole rings is 1. The Morgan fingerprint density at radius 1 is 1.05 bits per heavy atom. The predicted octanol–water partition coefficient (Wildman–Crippen LogP) is 3.06. The summed E-state index contributed by atoms with van der Waals surface area (Å²) in [5.41, 5.74) is 4.94. The minimum Gasteiger partial charge on any atom is -0.461 e. The second kappa shape index (κ2) is 9.26. The van der Waals surface area contributed by atoms with E-state index in [1.807, 2.05) is 49.4 Å². The number of nitrogens with zero attached hydrogens (tertiary/aromatic N) is 5. The quantitative estimate of drug-likeness (QED) is 0.326. The maximum absolute atomic E-state index is 13.0. The molecule has 11 nitrogen and oxygen atoms in total. The molecule has 2 aromatic carbocycles. The first-order valence-electron chi connectivity index (χ1n) is 11.8. The number of carbonyl (C=O) groups is 2. The van der Waals surface area contributed by atoms with Crippen LogP contribution in [0.4, 0.5) is 0 Å². The largest absolute Gasteiger partial charge is 0.461 e. The van der Waals surface area contributed by atoms with Gasteiger partial charge in [0.05, 0.1) is 6.04 Å². The highest BCUT2D eigenvalue weighted by Gasteiger charge is 2.26. The minimum absolute atomic E-state index is 0.117. The van der Waals surface area contributed by atoms with Crippen LogP contribution in [0.1, 0.15) is 55.9 Å². The monoisotopic (exact) mass is 494 g/mol. The molecule has 0 saturated carbocycles. The second-order valence-corrected chi connectivity index (χ2v) is 8.91. The molecule has 3 aromatic heterocycles. The number of aromatic nitrogens is 6. The van der Waals surface area contributed by atoms with Gasteiger partial charge in [0.1, 0.15) is 29.1 Å². The first kappa shape index (κ1) is 22.5. The summed E-state index contributed by atoms with van der Waals surface area (Å²) < 4.78 is 5.65. The van der Waals surface area contributed by atoms with E-state index in [4.69, 9.17) is 4.42 Å². The van der Waals surface area contributed by atoms with Gasteiger partial charge >= 0.3 is 0 Å². The number of aryl methyl sites for hydroxylation is 2. The van der Waals surface area contributed by atoms with Crippen LogP contribution in [0.2, 0.25) is 0 Å². The van der Waals surface area contributed by atoms with E-state index in [-0.39, 0.29) is 23.3 Å². The molecule has 1 aliphatic rings. The van der Waals surface area contributed by atoms with Gasteiger partial charge in [-0.05, 0) is 59.9 Å². The highest BCUT2D eigenvalue weighted by molar-refractivity contribution is 5.97. The van der Waals surface area contributed by atoms with E-state index in [9.17, 15) is 9.59 Å². The molecule has 2 amide bonds. The lowest BCUT2D eigenvalue weighted by atomic mass is 10.0. The average molecular weight is 495 g/mol. The summed E-state index contributed by atoms with van der Waals surface area (Å²) in [6.45, 7) is 2.19. The Hall–Kier alpha value is -4.93. The Morgan fingerprint density at radius 2 is 1.92 bits per heavy atom. The molecule has 1 aliphatic carbocycles. The number of aromatic amines is 1. The predicted molar refractivity (Wildman–Crippen MR) is 132 cm³/mol. The molecule has 184 valence electrons. The summed E-state index contributed by atoms with van der Waals surface area (Å²) in [4.78, 5) is 33.8. The summed E-state index contributed by atoms with van der Waals surface area (Å²) in [7, 11) is 0. The van der Waals surface area contributed by atoms with Gasteiger partial charge in [0.2, 0.25) is 5.82 Å². The van der Waals surface area contributed by atoms with Gasteiger partial charge in [0.15, 0.2) is 0 Å². The third kappa shape index (κ3) is 4.54. The van der Waals surface area contributed by atoms with Gasteiger partial charge in [-0.2, -0.15) is 5.21 Å². The number of carbonyl (C=O) groups excluding carboxylic acids is 2. The number of furan rings is 1. The molecule has 0 radical (unpaired) electrons. The zero-order valence-corrected chi connectivity index (χ0v) is 19.9. The zero-order valence-electron chi connectivity index (χ0n) is 19.9. The summed E-state index contributed by atoms with van der Waals surface area (Å²) in [5, 5.41) is 21.0. The van der Waals surface area contributed by atoms with Gasteiger partial charge in [-0.25, -0.2) is 9.97 Å². The van der Waals surface area contributed by atoms with Gasteiger partial charge in [-0.3, -0.25) is 9.59 Å². The van der Waals surface area contributed by atoms with Crippen molar-refractivity contribution in [3.05, 3.63) is 88.7 Å². The summed E-state index contributed by atoms with van der Waals surface area (Å²) in [5.74, 6) is 0.596. The van der Waals surface area contributed by atoms with Crippen LogP contribution in [-0.4, -0.2) is 42.4 Å². The lowest BCUT2D eigenvalue weighted by Crippen LogP contribution is -2.29. The standard InChI is InChI=1S/C26H22N8O3/c1-14-8-17-3-2-15(9-23(17)37-14)12-27-25(35)21-11-22(29-13-28-21)26(36)30-20-7-5-16-10-18(4-6-19(16)20)24-31-33-34-32-24/h2-4,6,8-11,13,20H,5,7,12H2,1H3,(H,27,35)(H,30,36)(H,31,32,33,34)/t20-/m1/s1. The Kier molecular flexibility index (Phi) is 5.64. The number of rotatable bonds is 6. The zero-order chi connectivity index (χ0) is 25.4. The van der Waals surface area contributed by atoms with Gasteiger partial charge in [-0.1, -0.05) is 24.3 Å². The van der Waals surface area contributed by atoms with Crippen LogP contribution in [0.25, 0.3) is 22.4 Å². The molecule has 3 N–H and O–H groups in total. The normalized spacial score (nSPS) is 14.5. The molecule has 0 unspecified atom stereocenters. The highest BCUT2D eigenvalue weighted by atomic mass is 16.3. The molecule has 3 heterocycles. The third-order valence-electron chi connectivity index (χ3n) is 6.42. The van der Waals surface area contributed by atoms with Gasteiger partial charge in [-0.15, -0.1) is 10.2 Å². The Labute approximate surface area is 210 Å². The van der Waals surface area contributed by atoms with Crippen molar-refractivity contribution >= 4 is 22.8 Å². The number of nitrogens with one attached hydrogen (secondary N) is 3. The SMILES string of the molecule is Cc1cc2ccc(CNC(=O)c3cc(C(=O)N[C@@H]4CCc5cc(-c6nn[nH]n6)ccc54)ncn3)cc2o1. The van der Waals surface area contributed by atoms with Gasteiger partial charge in [0, 0.05) is 23.6 Å². The van der Waals surface area contributed by atoms with Crippen molar-refractivity contribution < 1.29 is 14.0 Å². The Bertz CT molecular complexity index is 1630. The molecule has 37 heavy (non-hydrogen) atoms. The molecule has 0 fully saturated rings. The Morgan fingerprint density at radius 3 is 2.76 bits per heavy atom. The van der Waals surface area contributed by atoms with Crippen LogP contribution in [0.3, 0.4) is 0 Å². The van der Waals surface area contributed by atoms with Crippen molar-refractivity contribution in [2.75, 3.05) is 0 Å². The van der Waals surface area contributed by atoms with Gasteiger partial charge < -0.3 is 15.1 Å². The maximum Gasteiger partial charge on any atom is 0.270 e. The van der Waals surface area contributed by atoms with Crippen LogP contribution in [0, 0.1) is 6.92 Å². The smallest absolute Gasteiger partial charge is 0.270 e.